The maximum Gasteiger partial charge on any atom is 0.222 e. The molecular weight excluding hydrogens is 338 g/mol. The Hall–Kier alpha value is -2.62. The minimum Gasteiger partial charge on any atom is -0.494 e. The van der Waals surface area contributed by atoms with Crippen molar-refractivity contribution in [2.24, 2.45) is 0 Å². The van der Waals surface area contributed by atoms with E-state index < -0.39 is 0 Å². The van der Waals surface area contributed by atoms with E-state index in [4.69, 9.17) is 4.74 Å². The molecule has 0 N–H and O–H groups in total. The van der Waals surface area contributed by atoms with E-state index >= 15 is 0 Å². The van der Waals surface area contributed by atoms with Crippen LogP contribution in [-0.4, -0.2) is 36.8 Å². The predicted molar refractivity (Wildman–Crippen MR) is 107 cm³/mol. The van der Waals surface area contributed by atoms with Gasteiger partial charge in [-0.1, -0.05) is 18.2 Å². The van der Waals surface area contributed by atoms with Gasteiger partial charge in [0.05, 0.1) is 6.61 Å². The number of amides is 1. The first-order valence-corrected chi connectivity index (χ1v) is 9.58. The van der Waals surface area contributed by atoms with Gasteiger partial charge >= 0.3 is 0 Å². The number of benzene rings is 2. The number of carbonyl (C=O) groups excluding carboxylic acids is 2. The number of rotatable bonds is 7. The van der Waals surface area contributed by atoms with Crippen molar-refractivity contribution in [1.82, 2.24) is 4.90 Å². The maximum atomic E-state index is 11.6. The minimum atomic E-state index is 0.263. The van der Waals surface area contributed by atoms with Gasteiger partial charge in [-0.05, 0) is 73.6 Å². The SMILES string of the molecule is Cc1cc(OCCCN2CCCC2=O)cc(C)c1-c1cccc(C=O)c1C. The van der Waals surface area contributed by atoms with Crippen molar-refractivity contribution in [3.63, 3.8) is 0 Å². The van der Waals surface area contributed by atoms with Crippen LogP contribution < -0.4 is 4.74 Å². The number of hydrogen-bond donors (Lipinski definition) is 0. The summed E-state index contributed by atoms with van der Waals surface area (Å²) in [5.74, 6) is 1.12. The molecule has 27 heavy (non-hydrogen) atoms. The monoisotopic (exact) mass is 365 g/mol. The number of aryl methyl sites for hydroxylation is 2. The van der Waals surface area contributed by atoms with Crippen LogP contribution in [0.3, 0.4) is 0 Å². The molecule has 1 amide bonds. The summed E-state index contributed by atoms with van der Waals surface area (Å²) in [4.78, 5) is 24.8. The summed E-state index contributed by atoms with van der Waals surface area (Å²) in [5.41, 5.74) is 6.24. The third-order valence-electron chi connectivity index (χ3n) is 5.29. The van der Waals surface area contributed by atoms with Gasteiger partial charge in [-0.3, -0.25) is 9.59 Å². The first kappa shape index (κ1) is 19.2. The molecule has 0 unspecified atom stereocenters. The zero-order valence-electron chi connectivity index (χ0n) is 16.4. The number of nitrogens with zero attached hydrogens (tertiary/aromatic N) is 1. The summed E-state index contributed by atoms with van der Waals surface area (Å²) in [5, 5.41) is 0. The van der Waals surface area contributed by atoms with E-state index in [9.17, 15) is 9.59 Å². The van der Waals surface area contributed by atoms with Gasteiger partial charge in [0.1, 0.15) is 12.0 Å². The molecule has 0 atom stereocenters. The molecule has 3 rings (SSSR count). The predicted octanol–water partition coefficient (Wildman–Crippen LogP) is 4.48. The molecule has 4 heteroatoms. The second kappa shape index (κ2) is 8.38. The van der Waals surface area contributed by atoms with Crippen LogP contribution in [-0.2, 0) is 4.79 Å². The molecule has 0 aromatic heterocycles. The average molecular weight is 365 g/mol. The summed E-state index contributed by atoms with van der Waals surface area (Å²) < 4.78 is 5.93. The number of carbonyl (C=O) groups is 2. The number of hydrogen-bond acceptors (Lipinski definition) is 3. The van der Waals surface area contributed by atoms with E-state index in [1.54, 1.807) is 0 Å². The van der Waals surface area contributed by atoms with E-state index in [1.165, 1.54) is 0 Å². The van der Waals surface area contributed by atoms with Gasteiger partial charge in [-0.15, -0.1) is 0 Å². The van der Waals surface area contributed by atoms with E-state index in [1.807, 2.05) is 24.0 Å². The summed E-state index contributed by atoms with van der Waals surface area (Å²) in [7, 11) is 0. The van der Waals surface area contributed by atoms with Gasteiger partial charge in [0, 0.05) is 25.1 Å². The zero-order valence-corrected chi connectivity index (χ0v) is 16.4. The van der Waals surface area contributed by atoms with Crippen molar-refractivity contribution < 1.29 is 14.3 Å². The summed E-state index contributed by atoms with van der Waals surface area (Å²) in [6, 6.07) is 9.94. The zero-order chi connectivity index (χ0) is 19.4. The van der Waals surface area contributed by atoms with Gasteiger partial charge in [-0.25, -0.2) is 0 Å². The van der Waals surface area contributed by atoms with Crippen LogP contribution >= 0.6 is 0 Å². The Labute approximate surface area is 161 Å². The summed E-state index contributed by atoms with van der Waals surface area (Å²) in [6.07, 6.45) is 3.41. The first-order valence-electron chi connectivity index (χ1n) is 9.58. The smallest absolute Gasteiger partial charge is 0.222 e. The Kier molecular flexibility index (Phi) is 5.94. The molecule has 1 aliphatic heterocycles. The van der Waals surface area contributed by atoms with E-state index in [0.717, 1.165) is 71.3 Å². The van der Waals surface area contributed by atoms with Crippen molar-refractivity contribution in [2.75, 3.05) is 19.7 Å². The van der Waals surface area contributed by atoms with Crippen LogP contribution in [0.5, 0.6) is 5.75 Å². The summed E-state index contributed by atoms with van der Waals surface area (Å²) >= 11 is 0. The average Bonchev–Trinajstić information content (AvgIpc) is 3.04. The topological polar surface area (TPSA) is 46.6 Å². The fraction of sp³-hybridized carbons (Fsp3) is 0.391. The van der Waals surface area contributed by atoms with Crippen molar-refractivity contribution in [3.8, 4) is 16.9 Å². The first-order chi connectivity index (χ1) is 13.0. The molecule has 0 bridgehead atoms. The van der Waals surface area contributed by atoms with Crippen LogP contribution in [0, 0.1) is 20.8 Å². The highest BCUT2D eigenvalue weighted by atomic mass is 16.5. The second-order valence-electron chi connectivity index (χ2n) is 7.26. The highest BCUT2D eigenvalue weighted by Crippen LogP contribution is 2.33. The fourth-order valence-corrected chi connectivity index (χ4v) is 3.87. The Bertz CT molecular complexity index is 834. The standard InChI is InChI=1S/C23H27NO3/c1-16-13-20(27-12-6-11-24-10-5-9-22(24)26)14-17(2)23(16)21-8-4-7-19(15-25)18(21)3/h4,7-8,13-15H,5-6,9-12H2,1-3H3. The number of ether oxygens (including phenoxy) is 1. The third-order valence-corrected chi connectivity index (χ3v) is 5.29. The molecule has 0 radical (unpaired) electrons. The molecule has 2 aromatic rings. The molecular formula is C23H27NO3. The molecule has 0 saturated carbocycles. The van der Waals surface area contributed by atoms with Crippen LogP contribution in [0.4, 0.5) is 0 Å². The lowest BCUT2D eigenvalue weighted by atomic mass is 9.90. The van der Waals surface area contributed by atoms with Crippen molar-refractivity contribution in [3.05, 3.63) is 52.6 Å². The van der Waals surface area contributed by atoms with Crippen molar-refractivity contribution in [2.45, 2.75) is 40.0 Å². The third kappa shape index (κ3) is 4.21. The Balaban J connectivity index is 1.70. The van der Waals surface area contributed by atoms with E-state index in [2.05, 4.69) is 32.0 Å². The van der Waals surface area contributed by atoms with Crippen LogP contribution in [0.2, 0.25) is 0 Å². The van der Waals surface area contributed by atoms with Crippen LogP contribution in [0.15, 0.2) is 30.3 Å². The normalized spacial score (nSPS) is 13.9. The van der Waals surface area contributed by atoms with Crippen LogP contribution in [0.1, 0.15) is 46.3 Å². The van der Waals surface area contributed by atoms with Gasteiger partial charge in [-0.2, -0.15) is 0 Å². The second-order valence-corrected chi connectivity index (χ2v) is 7.26. The number of aldehydes is 1. The molecule has 1 aliphatic rings. The van der Waals surface area contributed by atoms with E-state index in [-0.39, 0.29) is 5.91 Å². The molecule has 0 spiro atoms. The number of likely N-dealkylation sites (tertiary alicyclic amines) is 1. The molecule has 142 valence electrons. The highest BCUT2D eigenvalue weighted by molar-refractivity contribution is 5.84. The summed E-state index contributed by atoms with van der Waals surface area (Å²) in [6.45, 7) is 8.39. The van der Waals surface area contributed by atoms with Gasteiger partial charge < -0.3 is 9.64 Å². The largest absolute Gasteiger partial charge is 0.494 e. The highest BCUT2D eigenvalue weighted by Gasteiger charge is 2.19. The Morgan fingerprint density at radius 1 is 1.15 bits per heavy atom. The van der Waals surface area contributed by atoms with Crippen LogP contribution in [0.25, 0.3) is 11.1 Å². The molecule has 1 fully saturated rings. The minimum absolute atomic E-state index is 0.263. The van der Waals surface area contributed by atoms with Gasteiger partial charge in [0.15, 0.2) is 0 Å². The van der Waals surface area contributed by atoms with Crippen molar-refractivity contribution >= 4 is 12.2 Å². The lowest BCUT2D eigenvalue weighted by molar-refractivity contribution is -0.127. The molecule has 1 saturated heterocycles. The maximum absolute atomic E-state index is 11.6. The molecule has 4 nitrogen and oxygen atoms in total. The van der Waals surface area contributed by atoms with Crippen molar-refractivity contribution in [1.29, 1.82) is 0 Å². The Morgan fingerprint density at radius 3 is 2.52 bits per heavy atom. The lowest BCUT2D eigenvalue weighted by Gasteiger charge is -2.17. The fourth-order valence-electron chi connectivity index (χ4n) is 3.87. The van der Waals surface area contributed by atoms with Gasteiger partial charge in [0.2, 0.25) is 5.91 Å². The van der Waals surface area contributed by atoms with Gasteiger partial charge in [0.25, 0.3) is 0 Å². The Morgan fingerprint density at radius 2 is 1.89 bits per heavy atom. The van der Waals surface area contributed by atoms with E-state index in [0.29, 0.717) is 13.0 Å². The lowest BCUT2D eigenvalue weighted by Crippen LogP contribution is -2.26. The molecule has 2 aromatic carbocycles. The molecule has 1 heterocycles. The quantitative estimate of drug-likeness (QED) is 0.537. The molecule has 0 aliphatic carbocycles.